The van der Waals surface area contributed by atoms with Crippen LogP contribution in [-0.2, 0) is 4.65 Å². The Hall–Kier alpha value is -2.78. The molecule has 130 valence electrons. The topological polar surface area (TPSA) is 101 Å². The highest BCUT2D eigenvalue weighted by atomic mass is 19.1. The summed E-state index contributed by atoms with van der Waals surface area (Å²) in [6, 6.07) is 6.66. The molecule has 2 aromatic rings. The van der Waals surface area contributed by atoms with Crippen LogP contribution in [0.25, 0.3) is 0 Å². The Morgan fingerprint density at radius 1 is 1.12 bits per heavy atom. The lowest BCUT2D eigenvalue weighted by Crippen LogP contribution is -2.42. The van der Waals surface area contributed by atoms with E-state index in [9.17, 15) is 19.0 Å². The number of hydrogen-bond donors (Lipinski definition) is 3. The van der Waals surface area contributed by atoms with Gasteiger partial charge in [0.25, 0.3) is 11.8 Å². The minimum absolute atomic E-state index is 0.170. The Kier molecular flexibility index (Phi) is 5.84. The number of hydrazine groups is 1. The van der Waals surface area contributed by atoms with Gasteiger partial charge in [0.15, 0.2) is 0 Å². The number of aryl methyl sites for hydroxylation is 2. The van der Waals surface area contributed by atoms with E-state index in [1.54, 1.807) is 26.0 Å². The van der Waals surface area contributed by atoms with Crippen molar-refractivity contribution in [3.63, 3.8) is 0 Å². The van der Waals surface area contributed by atoms with E-state index in [1.807, 2.05) is 0 Å². The van der Waals surface area contributed by atoms with Gasteiger partial charge in [-0.1, -0.05) is 6.07 Å². The second kappa shape index (κ2) is 7.86. The average Bonchev–Trinajstić information content (AvgIpc) is 2.57. The summed E-state index contributed by atoms with van der Waals surface area (Å²) in [5, 5.41) is 9.48. The van der Waals surface area contributed by atoms with Crippen molar-refractivity contribution < 1.29 is 23.7 Å². The number of hydrogen-bond acceptors (Lipinski definition) is 5. The quantitative estimate of drug-likeness (QED) is 0.545. The number of nitrogens with one attached hydrogen (secondary N) is 2. The van der Waals surface area contributed by atoms with Crippen LogP contribution in [0.2, 0.25) is 0 Å². The summed E-state index contributed by atoms with van der Waals surface area (Å²) in [6.07, 6.45) is 0. The van der Waals surface area contributed by atoms with Gasteiger partial charge in [-0.2, -0.15) is 0 Å². The van der Waals surface area contributed by atoms with Crippen molar-refractivity contribution in [2.45, 2.75) is 13.8 Å². The van der Waals surface area contributed by atoms with Gasteiger partial charge in [0.05, 0.1) is 5.56 Å². The predicted molar refractivity (Wildman–Crippen MR) is 89.7 cm³/mol. The van der Waals surface area contributed by atoms with Crippen molar-refractivity contribution in [3.05, 3.63) is 58.7 Å². The smallest absolute Gasteiger partial charge is 0.423 e. The lowest BCUT2D eigenvalue weighted by Gasteiger charge is -2.10. The highest BCUT2D eigenvalue weighted by Gasteiger charge is 2.19. The second-order valence-electron chi connectivity index (χ2n) is 5.37. The van der Waals surface area contributed by atoms with E-state index in [1.165, 1.54) is 19.2 Å². The van der Waals surface area contributed by atoms with Crippen molar-refractivity contribution in [3.8, 4) is 0 Å². The van der Waals surface area contributed by atoms with Gasteiger partial charge >= 0.3 is 7.12 Å². The second-order valence-corrected chi connectivity index (χ2v) is 5.37. The molecule has 0 aliphatic rings. The van der Waals surface area contributed by atoms with E-state index in [-0.39, 0.29) is 11.0 Å². The normalized spacial score (nSPS) is 10.3. The van der Waals surface area contributed by atoms with E-state index in [4.69, 9.17) is 0 Å². The van der Waals surface area contributed by atoms with Gasteiger partial charge in [-0.25, -0.2) is 4.39 Å². The number of nitrogens with zero attached hydrogens (tertiary/aromatic N) is 1. The Morgan fingerprint density at radius 3 is 2.28 bits per heavy atom. The lowest BCUT2D eigenvalue weighted by atomic mass is 9.79. The van der Waals surface area contributed by atoms with Crippen molar-refractivity contribution >= 4 is 24.4 Å². The SMILES string of the molecule is COB(O)c1ccc(C(=O)NNC(=O)c2cc(C)nc(C)c2)c(F)c1. The molecular formula is C16H17BFN3O4. The van der Waals surface area contributed by atoms with Crippen LogP contribution in [0, 0.1) is 19.7 Å². The highest BCUT2D eigenvalue weighted by Crippen LogP contribution is 2.06. The number of amides is 2. The van der Waals surface area contributed by atoms with Gasteiger partial charge in [0.1, 0.15) is 5.82 Å². The van der Waals surface area contributed by atoms with Gasteiger partial charge in [0.2, 0.25) is 0 Å². The summed E-state index contributed by atoms with van der Waals surface area (Å²) in [7, 11) is -0.0224. The Balaban J connectivity index is 2.06. The Morgan fingerprint density at radius 2 is 1.72 bits per heavy atom. The van der Waals surface area contributed by atoms with E-state index in [0.29, 0.717) is 17.0 Å². The summed E-state index contributed by atoms with van der Waals surface area (Å²) < 4.78 is 18.7. The molecular weight excluding hydrogens is 328 g/mol. The zero-order valence-electron chi connectivity index (χ0n) is 14.0. The average molecular weight is 345 g/mol. The maximum absolute atomic E-state index is 14.0. The third-order valence-corrected chi connectivity index (χ3v) is 3.38. The monoisotopic (exact) mass is 345 g/mol. The van der Waals surface area contributed by atoms with Crippen LogP contribution in [0.4, 0.5) is 4.39 Å². The molecule has 1 aromatic carbocycles. The Bertz CT molecular complexity index is 796. The number of benzene rings is 1. The molecule has 9 heteroatoms. The molecule has 0 fully saturated rings. The Labute approximate surface area is 144 Å². The van der Waals surface area contributed by atoms with Gasteiger partial charge in [0, 0.05) is 24.1 Å². The molecule has 0 spiro atoms. The molecule has 0 aliphatic carbocycles. The minimum atomic E-state index is -1.29. The summed E-state index contributed by atoms with van der Waals surface area (Å²) in [5.41, 5.74) is 5.90. The molecule has 3 N–H and O–H groups in total. The van der Waals surface area contributed by atoms with Crippen LogP contribution in [0.5, 0.6) is 0 Å². The molecule has 0 atom stereocenters. The fourth-order valence-corrected chi connectivity index (χ4v) is 2.22. The molecule has 0 unspecified atom stereocenters. The third kappa shape index (κ3) is 4.62. The summed E-state index contributed by atoms with van der Waals surface area (Å²) >= 11 is 0. The van der Waals surface area contributed by atoms with E-state index in [0.717, 1.165) is 6.07 Å². The first-order valence-electron chi connectivity index (χ1n) is 7.38. The first-order valence-corrected chi connectivity index (χ1v) is 7.38. The highest BCUT2D eigenvalue weighted by molar-refractivity contribution is 6.59. The molecule has 0 bridgehead atoms. The molecule has 1 heterocycles. The van der Waals surface area contributed by atoms with Gasteiger partial charge in [-0.15, -0.1) is 0 Å². The van der Waals surface area contributed by atoms with Crippen molar-refractivity contribution in [1.29, 1.82) is 0 Å². The van der Waals surface area contributed by atoms with E-state index in [2.05, 4.69) is 20.5 Å². The van der Waals surface area contributed by atoms with Gasteiger partial charge < -0.3 is 9.68 Å². The molecule has 0 radical (unpaired) electrons. The number of carbonyl (C=O) groups excluding carboxylic acids is 2. The van der Waals surface area contributed by atoms with Crippen molar-refractivity contribution in [2.75, 3.05) is 7.11 Å². The van der Waals surface area contributed by atoms with E-state index < -0.39 is 24.7 Å². The third-order valence-electron chi connectivity index (χ3n) is 3.38. The van der Waals surface area contributed by atoms with Crippen LogP contribution in [0.1, 0.15) is 32.1 Å². The fraction of sp³-hybridized carbons (Fsp3) is 0.188. The zero-order chi connectivity index (χ0) is 18.6. The number of pyridine rings is 1. The minimum Gasteiger partial charge on any atom is -0.423 e. The number of rotatable bonds is 4. The maximum Gasteiger partial charge on any atom is 0.491 e. The maximum atomic E-state index is 14.0. The summed E-state index contributed by atoms with van der Waals surface area (Å²) in [6.45, 7) is 3.49. The molecule has 7 nitrogen and oxygen atoms in total. The molecule has 2 rings (SSSR count). The standard InChI is InChI=1S/C16H17BFN3O4/c1-9-6-11(7-10(2)19-9)15(22)20-21-16(23)13-5-4-12(8-14(13)18)17(24)25-3/h4-8,24H,1-3H3,(H,20,22)(H,21,23). The van der Waals surface area contributed by atoms with Crippen LogP contribution in [0.3, 0.4) is 0 Å². The van der Waals surface area contributed by atoms with Crippen LogP contribution in [-0.4, -0.2) is 36.1 Å². The summed E-state index contributed by atoms with van der Waals surface area (Å²) in [4.78, 5) is 28.2. The molecule has 25 heavy (non-hydrogen) atoms. The van der Waals surface area contributed by atoms with Crippen LogP contribution in [0.15, 0.2) is 30.3 Å². The molecule has 0 aliphatic heterocycles. The molecule has 1 aromatic heterocycles. The van der Waals surface area contributed by atoms with Crippen LogP contribution < -0.4 is 16.3 Å². The first-order chi connectivity index (χ1) is 11.8. The van der Waals surface area contributed by atoms with E-state index >= 15 is 0 Å². The fourth-order valence-electron chi connectivity index (χ4n) is 2.22. The predicted octanol–water partition coefficient (Wildman–Crippen LogP) is 0.246. The van der Waals surface area contributed by atoms with Crippen LogP contribution >= 0.6 is 0 Å². The molecule has 2 amide bonds. The summed E-state index contributed by atoms with van der Waals surface area (Å²) in [5.74, 6) is -2.23. The van der Waals surface area contributed by atoms with Crippen molar-refractivity contribution in [2.24, 2.45) is 0 Å². The zero-order valence-corrected chi connectivity index (χ0v) is 14.0. The number of carbonyl (C=O) groups is 2. The van der Waals surface area contributed by atoms with Gasteiger partial charge in [-0.05, 0) is 43.6 Å². The first kappa shape index (κ1) is 18.6. The largest absolute Gasteiger partial charge is 0.491 e. The molecule has 0 saturated carbocycles. The number of halogens is 1. The molecule has 0 saturated heterocycles. The van der Waals surface area contributed by atoms with Gasteiger partial charge in [-0.3, -0.25) is 25.4 Å². The lowest BCUT2D eigenvalue weighted by molar-refractivity contribution is 0.0844. The van der Waals surface area contributed by atoms with Crippen molar-refractivity contribution in [1.82, 2.24) is 15.8 Å². The number of aromatic nitrogens is 1.